The van der Waals surface area contributed by atoms with E-state index in [0.29, 0.717) is 0 Å². The second-order valence-electron chi connectivity index (χ2n) is 2.23. The van der Waals surface area contributed by atoms with E-state index >= 15 is 0 Å². The van der Waals surface area contributed by atoms with Gasteiger partial charge in [-0.15, -0.1) is 0 Å². The van der Waals surface area contributed by atoms with E-state index in [0.717, 1.165) is 7.11 Å². The summed E-state index contributed by atoms with van der Waals surface area (Å²) in [6, 6.07) is 0. The van der Waals surface area contributed by atoms with Crippen LogP contribution in [-0.2, 0) is 18.8 Å². The Morgan fingerprint density at radius 3 is 2.09 bits per heavy atom. The molecule has 0 amide bonds. The first kappa shape index (κ1) is 10.8. The van der Waals surface area contributed by atoms with Crippen molar-refractivity contribution in [3.8, 4) is 0 Å². The van der Waals surface area contributed by atoms with E-state index in [1.807, 2.05) is 0 Å². The van der Waals surface area contributed by atoms with Gasteiger partial charge in [-0.25, -0.2) is 4.18 Å². The van der Waals surface area contributed by atoms with Gasteiger partial charge in [-0.05, 0) is 21.0 Å². The molecule has 0 rings (SSSR count). The van der Waals surface area contributed by atoms with E-state index in [4.69, 9.17) is 0 Å². The Morgan fingerprint density at radius 1 is 1.36 bits per heavy atom. The quantitative estimate of drug-likeness (QED) is 0.565. The molecule has 0 fully saturated rings. The van der Waals surface area contributed by atoms with E-state index in [2.05, 4.69) is 8.37 Å². The van der Waals surface area contributed by atoms with Crippen LogP contribution in [0.15, 0.2) is 0 Å². The monoisotopic (exact) mass is 183 g/mol. The summed E-state index contributed by atoms with van der Waals surface area (Å²) in [7, 11) is 0.656. The maximum Gasteiger partial charge on any atom is 0.401 e. The zero-order valence-electron chi connectivity index (χ0n) is 7.07. The average Bonchev–Trinajstić information content (AvgIpc) is 1.87. The summed E-state index contributed by atoms with van der Waals surface area (Å²) in [6.07, 6.45) is -0.514. The molecule has 1 unspecified atom stereocenters. The number of nitrogens with zero attached hydrogens (tertiary/aromatic N) is 1. The van der Waals surface area contributed by atoms with Gasteiger partial charge in [0.1, 0.15) is 6.23 Å². The van der Waals surface area contributed by atoms with E-state index in [9.17, 15) is 8.42 Å². The van der Waals surface area contributed by atoms with E-state index in [-0.39, 0.29) is 0 Å². The zero-order valence-corrected chi connectivity index (χ0v) is 7.88. The molecule has 68 valence electrons. The Bertz CT molecular complexity index is 199. The summed E-state index contributed by atoms with van der Waals surface area (Å²) in [4.78, 5) is 1.61. The molecule has 5 nitrogen and oxygen atoms in total. The maximum absolute atomic E-state index is 10.6. The highest BCUT2D eigenvalue weighted by atomic mass is 32.3. The van der Waals surface area contributed by atoms with E-state index < -0.39 is 16.6 Å². The summed E-state index contributed by atoms with van der Waals surface area (Å²) in [5, 5.41) is 0. The van der Waals surface area contributed by atoms with Crippen LogP contribution < -0.4 is 0 Å². The fraction of sp³-hybridized carbons (Fsp3) is 1.00. The van der Waals surface area contributed by atoms with Crippen LogP contribution in [0.2, 0.25) is 0 Å². The number of hydrogen-bond donors (Lipinski definition) is 0. The van der Waals surface area contributed by atoms with Gasteiger partial charge in [-0.2, -0.15) is 8.42 Å². The van der Waals surface area contributed by atoms with Crippen LogP contribution in [0.4, 0.5) is 0 Å². The third kappa shape index (κ3) is 4.31. The molecule has 6 heteroatoms. The topological polar surface area (TPSA) is 55.8 Å². The van der Waals surface area contributed by atoms with Crippen LogP contribution in [0.3, 0.4) is 0 Å². The molecule has 0 aromatic carbocycles. The molecule has 0 radical (unpaired) electrons. The fourth-order valence-electron chi connectivity index (χ4n) is 0.296. The minimum Gasteiger partial charge on any atom is -0.283 e. The fourth-order valence-corrected chi connectivity index (χ4v) is 0.888. The molecule has 0 heterocycles. The normalized spacial score (nSPS) is 15.4. The van der Waals surface area contributed by atoms with Gasteiger partial charge in [0.15, 0.2) is 0 Å². The zero-order chi connectivity index (χ0) is 9.07. The van der Waals surface area contributed by atoms with E-state index in [1.165, 1.54) is 0 Å². The standard InChI is InChI=1S/C5H13NO4S/c1-5(6(2)3)10-11(7,8)9-4/h5H,1-4H3. The van der Waals surface area contributed by atoms with Crippen molar-refractivity contribution < 1.29 is 16.8 Å². The van der Waals surface area contributed by atoms with Gasteiger partial charge in [0.05, 0.1) is 7.11 Å². The van der Waals surface area contributed by atoms with Crippen molar-refractivity contribution in [3.63, 3.8) is 0 Å². The van der Waals surface area contributed by atoms with Crippen molar-refractivity contribution in [3.05, 3.63) is 0 Å². The molecule has 0 aromatic heterocycles. The van der Waals surface area contributed by atoms with Crippen LogP contribution in [0.5, 0.6) is 0 Å². The van der Waals surface area contributed by atoms with Crippen LogP contribution in [0, 0.1) is 0 Å². The van der Waals surface area contributed by atoms with Crippen molar-refractivity contribution in [2.75, 3.05) is 21.2 Å². The van der Waals surface area contributed by atoms with Crippen molar-refractivity contribution in [1.29, 1.82) is 0 Å². The van der Waals surface area contributed by atoms with Crippen LogP contribution in [-0.4, -0.2) is 40.8 Å². The molecule has 0 aromatic rings. The smallest absolute Gasteiger partial charge is 0.283 e. The highest BCUT2D eigenvalue weighted by molar-refractivity contribution is 7.81. The van der Waals surface area contributed by atoms with Crippen molar-refractivity contribution >= 4 is 10.4 Å². The minimum absolute atomic E-state index is 0.514. The Morgan fingerprint density at radius 2 is 1.82 bits per heavy atom. The highest BCUT2D eigenvalue weighted by Gasteiger charge is 2.15. The van der Waals surface area contributed by atoms with Crippen molar-refractivity contribution in [1.82, 2.24) is 4.90 Å². The Hall–Kier alpha value is -0.170. The molecule has 0 saturated carbocycles. The second kappa shape index (κ2) is 4.01. The highest BCUT2D eigenvalue weighted by Crippen LogP contribution is 2.01. The Balaban J connectivity index is 4.05. The summed E-state index contributed by atoms with van der Waals surface area (Å²) >= 11 is 0. The Labute approximate surface area is 67.2 Å². The molecule has 0 aliphatic heterocycles. The molecule has 0 aliphatic rings. The summed E-state index contributed by atoms with van der Waals surface area (Å²) < 4.78 is 29.9. The minimum atomic E-state index is -3.81. The third-order valence-electron chi connectivity index (χ3n) is 1.19. The first-order valence-electron chi connectivity index (χ1n) is 3.04. The molecule has 11 heavy (non-hydrogen) atoms. The Kier molecular flexibility index (Phi) is 3.95. The molecule has 1 atom stereocenters. The van der Waals surface area contributed by atoms with Crippen molar-refractivity contribution in [2.24, 2.45) is 0 Å². The number of rotatable bonds is 4. The van der Waals surface area contributed by atoms with Crippen LogP contribution in [0.25, 0.3) is 0 Å². The lowest BCUT2D eigenvalue weighted by Gasteiger charge is -2.18. The maximum atomic E-state index is 10.6. The molecule has 0 aliphatic carbocycles. The second-order valence-corrected chi connectivity index (χ2v) is 3.58. The van der Waals surface area contributed by atoms with Crippen molar-refractivity contribution in [2.45, 2.75) is 13.2 Å². The van der Waals surface area contributed by atoms with Gasteiger partial charge in [0.2, 0.25) is 0 Å². The predicted molar refractivity (Wildman–Crippen MR) is 40.2 cm³/mol. The summed E-state index contributed by atoms with van der Waals surface area (Å²) in [5.74, 6) is 0. The van der Waals surface area contributed by atoms with Gasteiger partial charge in [0, 0.05) is 0 Å². The largest absolute Gasteiger partial charge is 0.401 e. The lowest BCUT2D eigenvalue weighted by Crippen LogP contribution is -2.30. The lowest BCUT2D eigenvalue weighted by atomic mass is 10.6. The average molecular weight is 183 g/mol. The third-order valence-corrected chi connectivity index (χ3v) is 2.11. The predicted octanol–water partition coefficient (Wildman–Crippen LogP) is -0.198. The van der Waals surface area contributed by atoms with Crippen LogP contribution >= 0.6 is 0 Å². The van der Waals surface area contributed by atoms with E-state index in [1.54, 1.807) is 25.9 Å². The van der Waals surface area contributed by atoms with Gasteiger partial charge >= 0.3 is 10.4 Å². The summed E-state index contributed by atoms with van der Waals surface area (Å²) in [5.41, 5.74) is 0. The van der Waals surface area contributed by atoms with Gasteiger partial charge in [-0.3, -0.25) is 9.08 Å². The molecule has 0 spiro atoms. The van der Waals surface area contributed by atoms with Gasteiger partial charge in [-0.1, -0.05) is 0 Å². The lowest BCUT2D eigenvalue weighted by molar-refractivity contribution is 0.0707. The molecular weight excluding hydrogens is 170 g/mol. The molecule has 0 N–H and O–H groups in total. The molecular formula is C5H13NO4S. The molecule has 0 bridgehead atoms. The van der Waals surface area contributed by atoms with Gasteiger partial charge in [0.25, 0.3) is 0 Å². The SMILES string of the molecule is COS(=O)(=O)OC(C)N(C)C. The van der Waals surface area contributed by atoms with Crippen LogP contribution in [0.1, 0.15) is 6.92 Å². The summed E-state index contributed by atoms with van der Waals surface area (Å²) in [6.45, 7) is 1.61. The first-order chi connectivity index (χ1) is 4.89. The molecule has 0 saturated heterocycles. The number of hydrogen-bond acceptors (Lipinski definition) is 5. The van der Waals surface area contributed by atoms with Gasteiger partial charge < -0.3 is 0 Å². The first-order valence-corrected chi connectivity index (χ1v) is 4.37.